The smallest absolute Gasteiger partial charge is 0.416 e. The van der Waals surface area contributed by atoms with E-state index in [2.05, 4.69) is 10.6 Å². The van der Waals surface area contributed by atoms with Crippen molar-refractivity contribution in [2.45, 2.75) is 37.8 Å². The maximum atomic E-state index is 12.9. The Morgan fingerprint density at radius 1 is 1.03 bits per heavy atom. The number of amides is 3. The average Bonchev–Trinajstić information content (AvgIpc) is 2.76. The molecule has 0 aliphatic rings. The molecule has 0 aliphatic heterocycles. The van der Waals surface area contributed by atoms with Gasteiger partial charge >= 0.3 is 12.3 Å². The average molecular weight is 467 g/mol. The van der Waals surface area contributed by atoms with E-state index in [1.165, 1.54) is 12.1 Å². The Balaban J connectivity index is 1.80. The number of carbonyl (C=O) groups is 3. The highest BCUT2D eigenvalue weighted by atomic mass is 19.4. The van der Waals surface area contributed by atoms with Crippen LogP contribution >= 0.6 is 0 Å². The molecule has 2 atom stereocenters. The zero-order valence-electron chi connectivity index (χ0n) is 17.5. The van der Waals surface area contributed by atoms with Crippen LogP contribution in [0.3, 0.4) is 0 Å². The number of aliphatic hydroxyl groups excluding tert-OH is 1. The number of rotatable bonds is 10. The molecule has 0 unspecified atom stereocenters. The minimum absolute atomic E-state index is 0.0269. The van der Waals surface area contributed by atoms with Crippen LogP contribution in [0.1, 0.15) is 23.1 Å². The van der Waals surface area contributed by atoms with Crippen LogP contribution in [0.5, 0.6) is 0 Å². The van der Waals surface area contributed by atoms with Gasteiger partial charge in [0.05, 0.1) is 18.1 Å². The first kappa shape index (κ1) is 25.7. The molecule has 0 fully saturated rings. The van der Waals surface area contributed by atoms with Crippen LogP contribution in [0.15, 0.2) is 54.6 Å². The molecule has 0 heterocycles. The van der Waals surface area contributed by atoms with Gasteiger partial charge in [-0.05, 0) is 17.2 Å². The standard InChI is InChI=1S/C22H24F3N3O5/c23-22(24,25)16-8-4-7-15(9-16)10-18(20(26)31)28-19(30)11-17(29)12-27-21(32)33-13-14-5-2-1-3-6-14/h1-9,17-18,29H,10-13H2,(H2,26,31)(H,27,32)(H,28,30)/t17-,18-/m1/s1. The summed E-state index contributed by atoms with van der Waals surface area (Å²) in [4.78, 5) is 35.5. The second-order valence-electron chi connectivity index (χ2n) is 7.23. The number of hydrogen-bond acceptors (Lipinski definition) is 5. The van der Waals surface area contributed by atoms with Crippen molar-refractivity contribution < 1.29 is 37.4 Å². The number of alkyl halides is 3. The quantitative estimate of drug-likeness (QED) is 0.424. The van der Waals surface area contributed by atoms with E-state index in [9.17, 15) is 32.7 Å². The summed E-state index contributed by atoms with van der Waals surface area (Å²) >= 11 is 0. The second kappa shape index (κ2) is 11.9. The van der Waals surface area contributed by atoms with E-state index >= 15 is 0 Å². The summed E-state index contributed by atoms with van der Waals surface area (Å²) in [6.07, 6.45) is -7.38. The minimum atomic E-state index is -4.55. The van der Waals surface area contributed by atoms with Gasteiger partial charge in [0.1, 0.15) is 12.6 Å². The first-order valence-corrected chi connectivity index (χ1v) is 9.92. The zero-order valence-corrected chi connectivity index (χ0v) is 17.5. The molecular weight excluding hydrogens is 443 g/mol. The Kier molecular flexibility index (Phi) is 9.22. The second-order valence-corrected chi connectivity index (χ2v) is 7.23. The normalized spacial score (nSPS) is 13.0. The third kappa shape index (κ3) is 9.19. The summed E-state index contributed by atoms with van der Waals surface area (Å²) in [5.74, 6) is -1.71. The fraction of sp³-hybridized carbons (Fsp3) is 0.318. The summed E-state index contributed by atoms with van der Waals surface area (Å²) in [5, 5.41) is 14.5. The maximum absolute atomic E-state index is 12.9. The van der Waals surface area contributed by atoms with Crippen molar-refractivity contribution in [1.29, 1.82) is 0 Å². The lowest BCUT2D eigenvalue weighted by Crippen LogP contribution is -2.47. The molecule has 0 bridgehead atoms. The monoisotopic (exact) mass is 467 g/mol. The number of halogens is 3. The number of primary amides is 1. The fourth-order valence-corrected chi connectivity index (χ4v) is 2.85. The van der Waals surface area contributed by atoms with Gasteiger partial charge in [-0.2, -0.15) is 13.2 Å². The van der Waals surface area contributed by atoms with Crippen LogP contribution in [-0.4, -0.2) is 41.7 Å². The lowest BCUT2D eigenvalue weighted by molar-refractivity contribution is -0.137. The first-order chi connectivity index (χ1) is 15.5. The van der Waals surface area contributed by atoms with E-state index in [-0.39, 0.29) is 25.1 Å². The van der Waals surface area contributed by atoms with Gasteiger partial charge < -0.3 is 26.2 Å². The summed E-state index contributed by atoms with van der Waals surface area (Å²) in [5.41, 5.74) is 5.28. The number of carbonyl (C=O) groups excluding carboxylic acids is 3. The third-order valence-electron chi connectivity index (χ3n) is 4.49. The molecule has 0 spiro atoms. The number of ether oxygens (including phenoxy) is 1. The molecule has 2 aromatic carbocycles. The number of hydrogen-bond donors (Lipinski definition) is 4. The van der Waals surface area contributed by atoms with Gasteiger partial charge in [-0.3, -0.25) is 9.59 Å². The molecule has 3 amide bonds. The molecule has 0 radical (unpaired) electrons. The molecule has 0 saturated heterocycles. The van der Waals surface area contributed by atoms with Crippen LogP contribution in [0, 0.1) is 0 Å². The van der Waals surface area contributed by atoms with Gasteiger partial charge in [0.25, 0.3) is 0 Å². The Bertz CT molecular complexity index is 954. The van der Waals surface area contributed by atoms with E-state index in [0.29, 0.717) is 0 Å². The van der Waals surface area contributed by atoms with E-state index in [4.69, 9.17) is 10.5 Å². The molecule has 11 heteroatoms. The highest BCUT2D eigenvalue weighted by molar-refractivity contribution is 5.87. The SMILES string of the molecule is NC(=O)[C@@H](Cc1cccc(C(F)(F)F)c1)NC(=O)C[C@@H](O)CNC(=O)OCc1ccccc1. The molecular formula is C22H24F3N3O5. The van der Waals surface area contributed by atoms with Gasteiger partial charge in [-0.1, -0.05) is 48.5 Å². The van der Waals surface area contributed by atoms with E-state index in [1.807, 2.05) is 6.07 Å². The largest absolute Gasteiger partial charge is 0.445 e. The number of nitrogens with two attached hydrogens (primary N) is 1. The number of alkyl carbamates (subject to hydrolysis) is 1. The van der Waals surface area contributed by atoms with Gasteiger partial charge in [0.2, 0.25) is 11.8 Å². The molecule has 0 saturated carbocycles. The number of benzene rings is 2. The van der Waals surface area contributed by atoms with Gasteiger partial charge in [-0.25, -0.2) is 4.79 Å². The molecule has 8 nitrogen and oxygen atoms in total. The van der Waals surface area contributed by atoms with Crippen molar-refractivity contribution in [1.82, 2.24) is 10.6 Å². The van der Waals surface area contributed by atoms with Crippen molar-refractivity contribution in [2.24, 2.45) is 5.73 Å². The molecule has 0 aliphatic carbocycles. The van der Waals surface area contributed by atoms with Gasteiger partial charge in [0.15, 0.2) is 0 Å². The Labute approximate surface area is 187 Å². The van der Waals surface area contributed by atoms with Crippen molar-refractivity contribution in [3.8, 4) is 0 Å². The van der Waals surface area contributed by atoms with Crippen LogP contribution < -0.4 is 16.4 Å². The highest BCUT2D eigenvalue weighted by Crippen LogP contribution is 2.29. The molecule has 178 valence electrons. The fourth-order valence-electron chi connectivity index (χ4n) is 2.85. The van der Waals surface area contributed by atoms with Gasteiger partial charge in [-0.15, -0.1) is 0 Å². The Morgan fingerprint density at radius 3 is 2.33 bits per heavy atom. The van der Waals surface area contributed by atoms with Crippen LogP contribution in [0.4, 0.5) is 18.0 Å². The first-order valence-electron chi connectivity index (χ1n) is 9.92. The molecule has 0 aromatic heterocycles. The highest BCUT2D eigenvalue weighted by Gasteiger charge is 2.31. The Morgan fingerprint density at radius 2 is 1.70 bits per heavy atom. The number of nitrogens with one attached hydrogen (secondary N) is 2. The predicted molar refractivity (Wildman–Crippen MR) is 112 cm³/mol. The summed E-state index contributed by atoms with van der Waals surface area (Å²) in [7, 11) is 0. The van der Waals surface area contributed by atoms with Crippen LogP contribution in [-0.2, 0) is 33.5 Å². The van der Waals surface area contributed by atoms with Crippen molar-refractivity contribution >= 4 is 17.9 Å². The van der Waals surface area contributed by atoms with Crippen molar-refractivity contribution in [3.63, 3.8) is 0 Å². The van der Waals surface area contributed by atoms with Crippen LogP contribution in [0.2, 0.25) is 0 Å². The molecule has 2 rings (SSSR count). The maximum Gasteiger partial charge on any atom is 0.416 e. The Hall–Kier alpha value is -3.60. The third-order valence-corrected chi connectivity index (χ3v) is 4.49. The zero-order chi connectivity index (χ0) is 24.4. The lowest BCUT2D eigenvalue weighted by Gasteiger charge is -2.18. The molecule has 5 N–H and O–H groups in total. The summed E-state index contributed by atoms with van der Waals surface area (Å²) < 4.78 is 43.5. The molecule has 33 heavy (non-hydrogen) atoms. The summed E-state index contributed by atoms with van der Waals surface area (Å²) in [6.45, 7) is -0.269. The van der Waals surface area contributed by atoms with Gasteiger partial charge in [0, 0.05) is 13.0 Å². The topological polar surface area (TPSA) is 131 Å². The van der Waals surface area contributed by atoms with E-state index < -0.39 is 48.2 Å². The molecule has 2 aromatic rings. The predicted octanol–water partition coefficient (Wildman–Crippen LogP) is 1.90. The summed E-state index contributed by atoms with van der Waals surface area (Å²) in [6, 6.07) is 11.9. The van der Waals surface area contributed by atoms with Crippen molar-refractivity contribution in [2.75, 3.05) is 6.54 Å². The minimum Gasteiger partial charge on any atom is -0.445 e. The van der Waals surface area contributed by atoms with Crippen molar-refractivity contribution in [3.05, 3.63) is 71.3 Å². The number of aliphatic hydroxyl groups is 1. The van der Waals surface area contributed by atoms with E-state index in [0.717, 1.165) is 17.7 Å². The van der Waals surface area contributed by atoms with E-state index in [1.54, 1.807) is 24.3 Å². The lowest BCUT2D eigenvalue weighted by atomic mass is 10.0. The van der Waals surface area contributed by atoms with Crippen LogP contribution in [0.25, 0.3) is 0 Å².